The predicted molar refractivity (Wildman–Crippen MR) is 252 cm³/mol. The fourth-order valence-corrected chi connectivity index (χ4v) is 9.25. The van der Waals surface area contributed by atoms with Crippen LogP contribution in [0.15, 0.2) is 122 Å². The number of carbonyl (C=O) groups is 2. The van der Waals surface area contributed by atoms with Gasteiger partial charge >= 0.3 is 11.9 Å². The summed E-state index contributed by atoms with van der Waals surface area (Å²) >= 11 is 3.19. The number of aromatic hydroxyl groups is 1. The second-order valence-electron chi connectivity index (χ2n) is 16.0. The highest BCUT2D eigenvalue weighted by atomic mass is 32.1. The van der Waals surface area contributed by atoms with Crippen molar-refractivity contribution in [3.05, 3.63) is 133 Å². The van der Waals surface area contributed by atoms with Crippen LogP contribution in [-0.2, 0) is 27.2 Å². The number of nitrogens with zero attached hydrogens (tertiary/aromatic N) is 4. The summed E-state index contributed by atoms with van der Waals surface area (Å²) in [7, 11) is -0.530. The van der Waals surface area contributed by atoms with Crippen LogP contribution in [0.1, 0.15) is 31.9 Å². The minimum atomic E-state index is -1.93. The van der Waals surface area contributed by atoms with Crippen LogP contribution in [0.25, 0.3) is 41.3 Å². The molecule has 12 nitrogen and oxygen atoms in total. The number of carbonyl (C=O) groups excluding carboxylic acids is 1. The summed E-state index contributed by atoms with van der Waals surface area (Å²) in [6.07, 6.45) is 3.35. The Morgan fingerprint density at radius 3 is 1.66 bits per heavy atom. The Bertz CT molecular complexity index is 2860. The molecular weight excluding hydrogens is 837 g/mol. The van der Waals surface area contributed by atoms with Crippen molar-refractivity contribution < 1.29 is 29.0 Å². The molecular formula is C47H46N6O6S2Si. The number of methoxy groups -OCH3 is 1. The van der Waals surface area contributed by atoms with E-state index in [2.05, 4.69) is 70.5 Å². The summed E-state index contributed by atoms with van der Waals surface area (Å²) in [5.74, 6) is 1.39. The van der Waals surface area contributed by atoms with Crippen LogP contribution < -0.4 is 15.1 Å². The summed E-state index contributed by atoms with van der Waals surface area (Å²) in [4.78, 5) is 42.1. The Morgan fingerprint density at radius 2 is 1.18 bits per heavy atom. The number of hydrogen-bond donors (Lipinski definition) is 4. The molecule has 0 fully saturated rings. The number of rotatable bonds is 12. The van der Waals surface area contributed by atoms with Gasteiger partial charge in [-0.15, -0.1) is 22.7 Å². The van der Waals surface area contributed by atoms with Crippen LogP contribution >= 0.6 is 22.7 Å². The van der Waals surface area contributed by atoms with Crippen LogP contribution in [-0.4, -0.2) is 57.5 Å². The maximum Gasteiger partial charge on any atom is 0.309 e. The molecule has 0 atom stereocenters. The maximum absolute atomic E-state index is 11.5. The van der Waals surface area contributed by atoms with E-state index in [1.165, 1.54) is 13.4 Å². The van der Waals surface area contributed by atoms with E-state index in [1.54, 1.807) is 47.2 Å². The normalized spacial score (nSPS) is 11.5. The van der Waals surface area contributed by atoms with E-state index in [4.69, 9.17) is 14.3 Å². The first kappa shape index (κ1) is 43.4. The quantitative estimate of drug-likeness (QED) is 0.0678. The molecule has 4 aromatic heterocycles. The van der Waals surface area contributed by atoms with E-state index in [0.29, 0.717) is 5.82 Å². The van der Waals surface area contributed by atoms with Gasteiger partial charge in [0.25, 0.3) is 0 Å². The topological polar surface area (TPSA) is 169 Å². The zero-order valence-corrected chi connectivity index (χ0v) is 37.7. The van der Waals surface area contributed by atoms with Crippen molar-refractivity contribution in [1.29, 1.82) is 0 Å². The summed E-state index contributed by atoms with van der Waals surface area (Å²) in [5, 5.41) is 25.3. The van der Waals surface area contributed by atoms with Crippen molar-refractivity contribution in [3.63, 3.8) is 0 Å². The Hall–Kier alpha value is -6.68. The van der Waals surface area contributed by atoms with Crippen molar-refractivity contribution in [2.75, 3.05) is 17.7 Å². The number of nitrogens with one attached hydrogen (secondary N) is 2. The first-order valence-electron chi connectivity index (χ1n) is 19.7. The van der Waals surface area contributed by atoms with E-state index in [1.807, 2.05) is 84.9 Å². The molecule has 4 aromatic carbocycles. The number of aromatic nitrogens is 4. The van der Waals surface area contributed by atoms with Gasteiger partial charge in [0.05, 0.1) is 40.4 Å². The first-order valence-corrected chi connectivity index (χ1v) is 24.3. The third kappa shape index (κ3) is 10.6. The molecule has 316 valence electrons. The number of carboxylic acid groups (broad SMARTS) is 1. The van der Waals surface area contributed by atoms with Gasteiger partial charge < -0.3 is 30.0 Å². The Labute approximate surface area is 368 Å². The van der Waals surface area contributed by atoms with Crippen LogP contribution in [0, 0.1) is 0 Å². The number of ether oxygens (including phenoxy) is 1. The summed E-state index contributed by atoms with van der Waals surface area (Å²) in [6.45, 7) is 11.2. The molecule has 15 heteroatoms. The van der Waals surface area contributed by atoms with Crippen molar-refractivity contribution in [2.24, 2.45) is 0 Å². The van der Waals surface area contributed by atoms with Gasteiger partial charge in [-0.25, -0.2) is 19.9 Å². The molecule has 4 heterocycles. The van der Waals surface area contributed by atoms with E-state index in [9.17, 15) is 14.7 Å². The lowest BCUT2D eigenvalue weighted by atomic mass is 10.1. The largest absolute Gasteiger partial charge is 0.543 e. The fraction of sp³-hybridized carbons (Fsp3) is 0.191. The maximum atomic E-state index is 11.5. The molecule has 8 rings (SSSR count). The van der Waals surface area contributed by atoms with E-state index in [0.717, 1.165) is 75.4 Å². The molecule has 0 radical (unpaired) electrons. The third-order valence-electron chi connectivity index (χ3n) is 10.4. The summed E-state index contributed by atoms with van der Waals surface area (Å²) in [6, 6.07) is 34.4. The highest BCUT2D eigenvalue weighted by molar-refractivity contribution is 7.23. The second-order valence-corrected chi connectivity index (χ2v) is 22.8. The lowest BCUT2D eigenvalue weighted by Crippen LogP contribution is -2.43. The SMILES string of the molecule is COC(=O)Cc1ccc(-c2cc3ncnc(Nc4cccc(O[Si](C)(C)C(C)(C)C)c4)c3s2)cc1.O=C(O)Cc1ccc(-c2cc3ncnc(Nc4cccc(O)c4)c3s2)cc1. The molecule has 0 saturated heterocycles. The number of benzene rings is 4. The van der Waals surface area contributed by atoms with E-state index < -0.39 is 14.3 Å². The third-order valence-corrected chi connectivity index (χ3v) is 17.1. The zero-order chi connectivity index (χ0) is 44.0. The highest BCUT2D eigenvalue weighted by Crippen LogP contribution is 2.40. The van der Waals surface area contributed by atoms with Gasteiger partial charge in [-0.05, 0) is 76.8 Å². The minimum Gasteiger partial charge on any atom is -0.543 e. The monoisotopic (exact) mass is 882 g/mol. The van der Waals surface area contributed by atoms with Gasteiger partial charge in [-0.1, -0.05) is 81.4 Å². The Balaban J connectivity index is 0.000000192. The predicted octanol–water partition coefficient (Wildman–Crippen LogP) is 11.6. The van der Waals surface area contributed by atoms with Crippen LogP contribution in [0.3, 0.4) is 0 Å². The smallest absolute Gasteiger partial charge is 0.309 e. The van der Waals surface area contributed by atoms with Crippen molar-refractivity contribution in [1.82, 2.24) is 19.9 Å². The minimum absolute atomic E-state index is 0.0101. The van der Waals surface area contributed by atoms with E-state index in [-0.39, 0.29) is 29.6 Å². The van der Waals surface area contributed by atoms with Crippen LogP contribution in [0.5, 0.6) is 11.5 Å². The molecule has 0 aliphatic carbocycles. The van der Waals surface area contributed by atoms with Gasteiger partial charge in [-0.3, -0.25) is 9.59 Å². The lowest BCUT2D eigenvalue weighted by Gasteiger charge is -2.36. The first-order chi connectivity index (χ1) is 29.6. The number of esters is 1. The number of fused-ring (bicyclic) bond motifs is 2. The number of hydrogen-bond acceptors (Lipinski definition) is 13. The standard InChI is InChI=1S/C27H31N3O3SSi.C20H15N3O3S/c1-27(2,3)35(5,6)33-21-9-7-8-20(15-21)30-26-25-22(28-17-29-26)16-23(34-25)19-12-10-18(11-13-19)14-24(31)32-4;24-15-3-1-2-14(9-15)23-20-19-16(21-11-22-20)10-17(27-19)13-6-4-12(5-7-13)8-18(25)26/h7-13,15-17H,14H2,1-6H3,(H,28,29,30);1-7,9-11,24H,8H2,(H,25,26)(H,21,22,23). The molecule has 62 heavy (non-hydrogen) atoms. The Kier molecular flexibility index (Phi) is 13.0. The number of aliphatic carboxylic acids is 1. The molecule has 0 bridgehead atoms. The lowest BCUT2D eigenvalue weighted by molar-refractivity contribution is -0.140. The molecule has 0 aliphatic rings. The Morgan fingerprint density at radius 1 is 0.677 bits per heavy atom. The number of thiophene rings is 2. The van der Waals surface area contributed by atoms with Gasteiger partial charge in [0.1, 0.15) is 24.2 Å². The van der Waals surface area contributed by atoms with Crippen LogP contribution in [0.4, 0.5) is 23.0 Å². The highest BCUT2D eigenvalue weighted by Gasteiger charge is 2.39. The zero-order valence-electron chi connectivity index (χ0n) is 35.1. The number of phenols is 1. The van der Waals surface area contributed by atoms with E-state index >= 15 is 0 Å². The van der Waals surface area contributed by atoms with Gasteiger partial charge in [0, 0.05) is 33.3 Å². The van der Waals surface area contributed by atoms with Gasteiger partial charge in [0.15, 0.2) is 11.6 Å². The van der Waals surface area contributed by atoms with Gasteiger partial charge in [0.2, 0.25) is 8.32 Å². The number of phenolic OH excluding ortho intramolecular Hbond substituents is 1. The van der Waals surface area contributed by atoms with Crippen molar-refractivity contribution in [2.45, 2.75) is 51.7 Å². The fourth-order valence-electron chi connectivity index (χ4n) is 6.10. The molecule has 0 spiro atoms. The molecule has 0 aliphatic heterocycles. The number of carboxylic acids is 1. The average Bonchev–Trinajstić information content (AvgIpc) is 3.88. The summed E-state index contributed by atoms with van der Waals surface area (Å²) < 4.78 is 13.1. The van der Waals surface area contributed by atoms with Crippen molar-refractivity contribution >= 4 is 86.4 Å². The molecule has 0 saturated carbocycles. The summed E-state index contributed by atoms with van der Waals surface area (Å²) in [5.41, 5.74) is 7.11. The molecule has 8 aromatic rings. The second kappa shape index (κ2) is 18.5. The van der Waals surface area contributed by atoms with Gasteiger partial charge in [-0.2, -0.15) is 0 Å². The molecule has 4 N–H and O–H groups in total. The molecule has 0 amide bonds. The average molecular weight is 883 g/mol. The number of anilines is 4. The van der Waals surface area contributed by atoms with Crippen molar-refractivity contribution in [3.8, 4) is 32.4 Å². The van der Waals surface area contributed by atoms with Crippen LogP contribution in [0.2, 0.25) is 18.1 Å². The molecule has 0 unspecified atom stereocenters.